The van der Waals surface area contributed by atoms with Gasteiger partial charge in [-0.1, -0.05) is 42.5 Å². The summed E-state index contributed by atoms with van der Waals surface area (Å²) in [6.07, 6.45) is 4.50. The lowest BCUT2D eigenvalue weighted by Crippen LogP contribution is -2.39. The van der Waals surface area contributed by atoms with E-state index in [9.17, 15) is 13.5 Å². The molecular formula is C24H32N2O4S. The highest BCUT2D eigenvalue weighted by Gasteiger charge is 2.26. The number of β-amino-alcohol motifs (C(OH)–C–C–N with tert-alkyl or cyclic N) is 1. The Morgan fingerprint density at radius 3 is 2.55 bits per heavy atom. The molecule has 31 heavy (non-hydrogen) atoms. The molecule has 2 aromatic rings. The van der Waals surface area contributed by atoms with Crippen LogP contribution in [0, 0.1) is 0 Å². The van der Waals surface area contributed by atoms with E-state index >= 15 is 0 Å². The fourth-order valence-electron chi connectivity index (χ4n) is 4.53. The smallest absolute Gasteiger partial charge is 0.232 e. The van der Waals surface area contributed by atoms with Gasteiger partial charge in [0.25, 0.3) is 0 Å². The molecule has 0 saturated carbocycles. The van der Waals surface area contributed by atoms with E-state index in [0.717, 1.165) is 55.6 Å². The molecule has 0 bridgehead atoms. The van der Waals surface area contributed by atoms with Crippen molar-refractivity contribution in [1.29, 1.82) is 0 Å². The first-order valence-electron chi connectivity index (χ1n) is 11.1. The molecule has 2 aliphatic heterocycles. The summed E-state index contributed by atoms with van der Waals surface area (Å²) in [7, 11) is -3.27. The number of fused-ring (bicyclic) bond motifs is 1. The molecule has 2 aliphatic rings. The molecule has 0 aromatic heterocycles. The van der Waals surface area contributed by atoms with Gasteiger partial charge in [0.2, 0.25) is 10.0 Å². The van der Waals surface area contributed by atoms with Gasteiger partial charge in [-0.2, -0.15) is 0 Å². The van der Waals surface area contributed by atoms with Crippen molar-refractivity contribution >= 4 is 15.7 Å². The van der Waals surface area contributed by atoms with Crippen LogP contribution in [-0.2, 0) is 27.8 Å². The van der Waals surface area contributed by atoms with Crippen LogP contribution in [0.15, 0.2) is 48.5 Å². The van der Waals surface area contributed by atoms with Crippen molar-refractivity contribution in [3.8, 4) is 0 Å². The van der Waals surface area contributed by atoms with Crippen molar-refractivity contribution in [2.24, 2.45) is 0 Å². The summed E-state index contributed by atoms with van der Waals surface area (Å²) in [5, 5.41) is 10.8. The fraction of sp³-hybridized carbons (Fsp3) is 0.500. The van der Waals surface area contributed by atoms with Crippen molar-refractivity contribution in [2.45, 2.75) is 44.5 Å². The summed E-state index contributed by atoms with van der Waals surface area (Å²) < 4.78 is 31.6. The van der Waals surface area contributed by atoms with Crippen LogP contribution in [0.3, 0.4) is 0 Å². The van der Waals surface area contributed by atoms with Crippen LogP contribution >= 0.6 is 0 Å². The third kappa shape index (κ3) is 5.66. The number of aryl methyl sites for hydroxylation is 1. The first-order valence-corrected chi connectivity index (χ1v) is 12.9. The zero-order valence-electron chi connectivity index (χ0n) is 18.1. The minimum absolute atomic E-state index is 0.263. The number of aliphatic hydroxyl groups is 1. The van der Waals surface area contributed by atoms with Crippen LogP contribution in [0.4, 0.5) is 5.69 Å². The molecule has 2 heterocycles. The van der Waals surface area contributed by atoms with Gasteiger partial charge in [0.15, 0.2) is 0 Å². The maximum absolute atomic E-state index is 12.0. The quantitative estimate of drug-likeness (QED) is 0.711. The molecule has 1 saturated heterocycles. The van der Waals surface area contributed by atoms with Gasteiger partial charge >= 0.3 is 0 Å². The van der Waals surface area contributed by atoms with Crippen molar-refractivity contribution in [3.05, 3.63) is 65.2 Å². The van der Waals surface area contributed by atoms with Crippen LogP contribution < -0.4 is 4.31 Å². The second-order valence-electron chi connectivity index (χ2n) is 8.64. The number of aliphatic hydroxyl groups excluding tert-OH is 1. The lowest BCUT2D eigenvalue weighted by atomic mass is 9.98. The van der Waals surface area contributed by atoms with E-state index in [4.69, 9.17) is 4.74 Å². The molecule has 0 aliphatic carbocycles. The fourth-order valence-corrected chi connectivity index (χ4v) is 5.53. The van der Waals surface area contributed by atoms with Crippen molar-refractivity contribution in [1.82, 2.24) is 4.90 Å². The second-order valence-corrected chi connectivity index (χ2v) is 10.5. The summed E-state index contributed by atoms with van der Waals surface area (Å²) in [5.41, 5.74) is 3.81. The Morgan fingerprint density at radius 1 is 1.10 bits per heavy atom. The number of piperidine rings is 1. The molecule has 168 valence electrons. The van der Waals surface area contributed by atoms with Gasteiger partial charge in [0.05, 0.1) is 30.8 Å². The van der Waals surface area contributed by atoms with Gasteiger partial charge in [-0.3, -0.25) is 4.31 Å². The highest BCUT2D eigenvalue weighted by atomic mass is 32.2. The molecule has 2 aromatic carbocycles. The lowest BCUT2D eigenvalue weighted by Gasteiger charge is -2.33. The molecule has 1 N–H and O–H groups in total. The van der Waals surface area contributed by atoms with E-state index in [2.05, 4.69) is 17.0 Å². The number of sulfonamides is 1. The predicted molar refractivity (Wildman–Crippen MR) is 123 cm³/mol. The Bertz CT molecular complexity index is 972. The maximum Gasteiger partial charge on any atom is 0.232 e. The molecule has 0 amide bonds. The number of hydrogen-bond acceptors (Lipinski definition) is 5. The van der Waals surface area contributed by atoms with Gasteiger partial charge in [-0.15, -0.1) is 0 Å². The SMILES string of the molecule is CS(=O)(=O)N1CCCc2cc([C@@H](O)CN3CCC(OCc4ccccc4)CC3)ccc21. The average molecular weight is 445 g/mol. The molecular weight excluding hydrogens is 412 g/mol. The van der Waals surface area contributed by atoms with Crippen molar-refractivity contribution < 1.29 is 18.3 Å². The van der Waals surface area contributed by atoms with Crippen LogP contribution in [0.5, 0.6) is 0 Å². The van der Waals surface area contributed by atoms with E-state index in [0.29, 0.717) is 19.7 Å². The van der Waals surface area contributed by atoms with Gasteiger partial charge in [0, 0.05) is 26.2 Å². The van der Waals surface area contributed by atoms with E-state index in [-0.39, 0.29) is 6.10 Å². The van der Waals surface area contributed by atoms with Crippen LogP contribution in [0.2, 0.25) is 0 Å². The maximum atomic E-state index is 12.0. The van der Waals surface area contributed by atoms with Crippen molar-refractivity contribution in [3.63, 3.8) is 0 Å². The number of likely N-dealkylation sites (tertiary alicyclic amines) is 1. The first-order chi connectivity index (χ1) is 14.9. The van der Waals surface area contributed by atoms with Crippen molar-refractivity contribution in [2.75, 3.05) is 36.7 Å². The third-order valence-corrected chi connectivity index (χ3v) is 7.44. The molecule has 0 unspecified atom stereocenters. The molecule has 1 atom stereocenters. The van der Waals surface area contributed by atoms with E-state index in [1.807, 2.05) is 36.4 Å². The Kier molecular flexibility index (Phi) is 6.96. The van der Waals surface area contributed by atoms with Crippen LogP contribution in [0.1, 0.15) is 42.1 Å². The van der Waals surface area contributed by atoms with Crippen LogP contribution in [-0.4, -0.2) is 57.0 Å². The molecule has 0 spiro atoms. The third-order valence-electron chi connectivity index (χ3n) is 6.26. The zero-order chi connectivity index (χ0) is 21.8. The zero-order valence-corrected chi connectivity index (χ0v) is 18.9. The Hall–Kier alpha value is -1.93. The highest BCUT2D eigenvalue weighted by Crippen LogP contribution is 2.31. The lowest BCUT2D eigenvalue weighted by molar-refractivity contribution is -0.0109. The summed E-state index contributed by atoms with van der Waals surface area (Å²) >= 11 is 0. The summed E-state index contributed by atoms with van der Waals surface area (Å²) in [6.45, 7) is 3.56. The average Bonchev–Trinajstić information content (AvgIpc) is 2.78. The van der Waals surface area contributed by atoms with Gasteiger partial charge in [0.1, 0.15) is 0 Å². The Morgan fingerprint density at radius 2 is 1.84 bits per heavy atom. The number of hydrogen-bond donors (Lipinski definition) is 1. The van der Waals surface area contributed by atoms with E-state index < -0.39 is 16.1 Å². The monoisotopic (exact) mass is 444 g/mol. The van der Waals surface area contributed by atoms with Crippen LogP contribution in [0.25, 0.3) is 0 Å². The first kappa shape index (κ1) is 22.3. The number of rotatable bonds is 7. The number of anilines is 1. The van der Waals surface area contributed by atoms with E-state index in [1.54, 1.807) is 0 Å². The number of benzene rings is 2. The standard InChI is InChI=1S/C24H32N2O4S/c1-31(28,29)26-13-5-8-20-16-21(9-10-23(20)26)24(27)17-25-14-11-22(12-15-25)30-18-19-6-3-2-4-7-19/h2-4,6-7,9-10,16,22,24,27H,5,8,11-15,17-18H2,1H3/t24-/m0/s1. The van der Waals surface area contributed by atoms with Gasteiger partial charge in [-0.05, 0) is 48.4 Å². The topological polar surface area (TPSA) is 70.1 Å². The Labute approximate surface area is 185 Å². The summed E-state index contributed by atoms with van der Waals surface area (Å²) in [4.78, 5) is 2.29. The molecule has 0 radical (unpaired) electrons. The minimum Gasteiger partial charge on any atom is -0.387 e. The number of ether oxygens (including phenoxy) is 1. The molecule has 6 nitrogen and oxygen atoms in total. The minimum atomic E-state index is -3.27. The molecule has 1 fully saturated rings. The molecule has 7 heteroatoms. The largest absolute Gasteiger partial charge is 0.387 e. The van der Waals surface area contributed by atoms with Gasteiger partial charge < -0.3 is 14.7 Å². The van der Waals surface area contributed by atoms with E-state index in [1.165, 1.54) is 16.1 Å². The second kappa shape index (κ2) is 9.69. The molecule has 4 rings (SSSR count). The number of nitrogens with zero attached hydrogens (tertiary/aromatic N) is 2. The Balaban J connectivity index is 1.30. The van der Waals surface area contributed by atoms with Gasteiger partial charge in [-0.25, -0.2) is 8.42 Å². The summed E-state index contributed by atoms with van der Waals surface area (Å²) in [6, 6.07) is 15.9. The predicted octanol–water partition coefficient (Wildman–Crippen LogP) is 3.11. The summed E-state index contributed by atoms with van der Waals surface area (Å²) in [5.74, 6) is 0. The normalized spacial score (nSPS) is 19.2. The highest BCUT2D eigenvalue weighted by molar-refractivity contribution is 7.92.